The Kier molecular flexibility index (Phi) is 5.40. The molecule has 0 bridgehead atoms. The second-order valence-corrected chi connectivity index (χ2v) is 6.67. The number of hydrogen-bond donors (Lipinski definition) is 1. The van der Waals surface area contributed by atoms with Gasteiger partial charge in [0.25, 0.3) is 0 Å². The van der Waals surface area contributed by atoms with Gasteiger partial charge in [0.15, 0.2) is 17.5 Å². The maximum Gasteiger partial charge on any atom is 0.167 e. The Balaban J connectivity index is 1.84. The molecule has 3 aromatic carbocycles. The maximum absolute atomic E-state index is 10.3. The van der Waals surface area contributed by atoms with Gasteiger partial charge in [-0.1, -0.05) is 47.9 Å². The van der Waals surface area contributed by atoms with Crippen LogP contribution in [0.1, 0.15) is 12.5 Å². The lowest BCUT2D eigenvalue weighted by atomic mass is 10.1. The van der Waals surface area contributed by atoms with E-state index >= 15 is 0 Å². The standard InChI is InChI=1S/C25H19N3O2/c1-3-16-30-20-14-12-19(13-15-20)24-26-23(18-10-8-17(2)9-11-18)27-25(28-24)21-6-4-5-7-22(21)29/h4-15,29H,1-2H3. The Morgan fingerprint density at radius 1 is 0.733 bits per heavy atom. The van der Waals surface area contributed by atoms with E-state index in [-0.39, 0.29) is 5.75 Å². The number of aromatic hydroxyl groups is 1. The van der Waals surface area contributed by atoms with Crippen LogP contribution in [0.25, 0.3) is 34.2 Å². The van der Waals surface area contributed by atoms with Crippen molar-refractivity contribution in [1.82, 2.24) is 15.0 Å². The number of aromatic nitrogens is 3. The smallest absolute Gasteiger partial charge is 0.167 e. The van der Waals surface area contributed by atoms with Crippen molar-refractivity contribution in [2.75, 3.05) is 0 Å². The summed E-state index contributed by atoms with van der Waals surface area (Å²) in [6.45, 7) is 3.74. The molecule has 0 saturated carbocycles. The molecular formula is C25H19N3O2. The van der Waals surface area contributed by atoms with E-state index in [0.717, 1.165) is 16.7 Å². The third-order valence-electron chi connectivity index (χ3n) is 4.47. The molecule has 0 fully saturated rings. The number of nitrogens with zero attached hydrogens (tertiary/aromatic N) is 3. The van der Waals surface area contributed by atoms with Crippen LogP contribution in [0.5, 0.6) is 11.5 Å². The van der Waals surface area contributed by atoms with Crippen molar-refractivity contribution in [2.45, 2.75) is 13.8 Å². The van der Waals surface area contributed by atoms with Crippen LogP contribution in [-0.4, -0.2) is 20.1 Å². The van der Waals surface area contributed by atoms with Crippen LogP contribution in [0.15, 0.2) is 72.8 Å². The summed E-state index contributed by atoms with van der Waals surface area (Å²) in [6, 6.07) is 22.4. The molecule has 0 aliphatic carbocycles. The highest BCUT2D eigenvalue weighted by molar-refractivity contribution is 5.69. The van der Waals surface area contributed by atoms with Crippen molar-refractivity contribution < 1.29 is 9.84 Å². The Morgan fingerprint density at radius 2 is 1.30 bits per heavy atom. The number of benzene rings is 3. The minimum atomic E-state index is 0.117. The predicted molar refractivity (Wildman–Crippen MR) is 117 cm³/mol. The van der Waals surface area contributed by atoms with Crippen molar-refractivity contribution in [3.63, 3.8) is 0 Å². The van der Waals surface area contributed by atoms with Gasteiger partial charge in [-0.05, 0) is 43.3 Å². The van der Waals surface area contributed by atoms with E-state index in [4.69, 9.17) is 4.74 Å². The molecule has 5 heteroatoms. The zero-order chi connectivity index (χ0) is 20.9. The molecule has 0 aliphatic rings. The lowest BCUT2D eigenvalue weighted by molar-refractivity contribution is 0.477. The van der Waals surface area contributed by atoms with Gasteiger partial charge in [0.05, 0.1) is 5.56 Å². The summed E-state index contributed by atoms with van der Waals surface area (Å²) in [6.07, 6.45) is 2.58. The summed E-state index contributed by atoms with van der Waals surface area (Å²) in [5.74, 6) is 4.90. The SMILES string of the molecule is CC#COc1ccc(-c2nc(-c3ccc(C)cc3)nc(-c3ccccc3O)n2)cc1. The Hall–Kier alpha value is -4.17. The number of para-hydroxylation sites is 1. The van der Waals surface area contributed by atoms with E-state index in [1.165, 1.54) is 0 Å². The Bertz CT molecular complexity index is 1240. The largest absolute Gasteiger partial charge is 0.507 e. The number of hydrogen-bond acceptors (Lipinski definition) is 5. The summed E-state index contributed by atoms with van der Waals surface area (Å²) in [5.41, 5.74) is 3.38. The number of aryl methyl sites for hydroxylation is 1. The topological polar surface area (TPSA) is 68.1 Å². The first-order valence-corrected chi connectivity index (χ1v) is 9.44. The molecule has 1 heterocycles. The number of phenolic OH excluding ortho intramolecular Hbond substituents is 1. The molecule has 30 heavy (non-hydrogen) atoms. The van der Waals surface area contributed by atoms with E-state index in [2.05, 4.69) is 27.0 Å². The highest BCUT2D eigenvalue weighted by atomic mass is 16.5. The predicted octanol–water partition coefficient (Wildman–Crippen LogP) is 5.25. The van der Waals surface area contributed by atoms with Crippen molar-refractivity contribution >= 4 is 0 Å². The zero-order valence-corrected chi connectivity index (χ0v) is 16.6. The molecule has 0 spiro atoms. The quantitative estimate of drug-likeness (QED) is 0.480. The van der Waals surface area contributed by atoms with Crippen LogP contribution in [0.2, 0.25) is 0 Å². The summed E-state index contributed by atoms with van der Waals surface area (Å²) >= 11 is 0. The van der Waals surface area contributed by atoms with Gasteiger partial charge in [-0.15, -0.1) is 0 Å². The van der Waals surface area contributed by atoms with Gasteiger partial charge in [-0.25, -0.2) is 15.0 Å². The third-order valence-corrected chi connectivity index (χ3v) is 4.47. The molecule has 146 valence electrons. The molecule has 0 amide bonds. The molecule has 5 nitrogen and oxygen atoms in total. The second kappa shape index (κ2) is 8.46. The van der Waals surface area contributed by atoms with Gasteiger partial charge in [0, 0.05) is 18.1 Å². The Morgan fingerprint density at radius 3 is 1.90 bits per heavy atom. The molecule has 0 radical (unpaired) electrons. The first-order chi connectivity index (χ1) is 14.6. The first-order valence-electron chi connectivity index (χ1n) is 9.44. The summed E-state index contributed by atoms with van der Waals surface area (Å²) < 4.78 is 5.31. The fourth-order valence-corrected chi connectivity index (χ4v) is 2.90. The van der Waals surface area contributed by atoms with E-state index < -0.39 is 0 Å². The van der Waals surface area contributed by atoms with Gasteiger partial charge >= 0.3 is 0 Å². The minimum absolute atomic E-state index is 0.117. The minimum Gasteiger partial charge on any atom is -0.507 e. The fraction of sp³-hybridized carbons (Fsp3) is 0.0800. The highest BCUT2D eigenvalue weighted by Crippen LogP contribution is 2.30. The number of phenols is 1. The van der Waals surface area contributed by atoms with Crippen molar-refractivity contribution in [2.24, 2.45) is 0 Å². The van der Waals surface area contributed by atoms with E-state index in [9.17, 15) is 5.11 Å². The molecule has 0 atom stereocenters. The molecule has 1 aromatic heterocycles. The van der Waals surface area contributed by atoms with Gasteiger partial charge < -0.3 is 9.84 Å². The average Bonchev–Trinajstić information content (AvgIpc) is 2.78. The number of rotatable bonds is 4. The van der Waals surface area contributed by atoms with E-state index in [1.54, 1.807) is 25.1 Å². The highest BCUT2D eigenvalue weighted by Gasteiger charge is 2.14. The zero-order valence-electron chi connectivity index (χ0n) is 16.6. The molecule has 4 aromatic rings. The van der Waals surface area contributed by atoms with Gasteiger partial charge in [0.1, 0.15) is 17.6 Å². The molecule has 0 unspecified atom stereocenters. The normalized spacial score (nSPS) is 10.2. The number of ether oxygens (including phenoxy) is 1. The molecule has 0 saturated heterocycles. The van der Waals surface area contributed by atoms with Crippen LogP contribution in [0.3, 0.4) is 0 Å². The van der Waals surface area contributed by atoms with Gasteiger partial charge in [-0.2, -0.15) is 0 Å². The molecular weight excluding hydrogens is 374 g/mol. The summed E-state index contributed by atoms with van der Waals surface area (Å²) in [4.78, 5) is 13.9. The van der Waals surface area contributed by atoms with Crippen LogP contribution < -0.4 is 4.74 Å². The molecule has 1 N–H and O–H groups in total. The van der Waals surface area contributed by atoms with Crippen molar-refractivity contribution in [1.29, 1.82) is 0 Å². The Labute approximate surface area is 175 Å². The monoisotopic (exact) mass is 393 g/mol. The van der Waals surface area contributed by atoms with Crippen LogP contribution in [-0.2, 0) is 0 Å². The maximum atomic E-state index is 10.3. The molecule has 4 rings (SSSR count). The lowest BCUT2D eigenvalue weighted by Gasteiger charge is -2.09. The van der Waals surface area contributed by atoms with E-state index in [0.29, 0.717) is 28.8 Å². The van der Waals surface area contributed by atoms with Crippen LogP contribution in [0.4, 0.5) is 0 Å². The van der Waals surface area contributed by atoms with Crippen molar-refractivity contribution in [3.8, 4) is 57.7 Å². The summed E-state index contributed by atoms with van der Waals surface area (Å²) in [5, 5.41) is 10.3. The van der Waals surface area contributed by atoms with Crippen LogP contribution in [0, 0.1) is 19.0 Å². The fourth-order valence-electron chi connectivity index (χ4n) is 2.90. The average molecular weight is 393 g/mol. The second-order valence-electron chi connectivity index (χ2n) is 6.67. The van der Waals surface area contributed by atoms with E-state index in [1.807, 2.05) is 61.5 Å². The van der Waals surface area contributed by atoms with Crippen molar-refractivity contribution in [3.05, 3.63) is 78.4 Å². The van der Waals surface area contributed by atoms with Crippen LogP contribution >= 0.6 is 0 Å². The van der Waals surface area contributed by atoms with Gasteiger partial charge in [0.2, 0.25) is 0 Å². The summed E-state index contributed by atoms with van der Waals surface area (Å²) in [7, 11) is 0. The van der Waals surface area contributed by atoms with Gasteiger partial charge in [-0.3, -0.25) is 0 Å². The first kappa shape index (κ1) is 19.2. The third kappa shape index (κ3) is 4.13. The lowest BCUT2D eigenvalue weighted by Crippen LogP contribution is -2.00. The molecule has 0 aliphatic heterocycles.